The average molecular weight is 289 g/mol. The quantitative estimate of drug-likeness (QED) is 0.784. The zero-order valence-electron chi connectivity index (χ0n) is 10.1. The topological polar surface area (TPSA) is 77.6 Å². The van der Waals surface area contributed by atoms with Gasteiger partial charge in [0, 0.05) is 12.4 Å². The molecule has 0 radical (unpaired) electrons. The Labute approximate surface area is 118 Å². The molecule has 20 heavy (non-hydrogen) atoms. The van der Waals surface area contributed by atoms with Gasteiger partial charge in [0.15, 0.2) is 0 Å². The lowest BCUT2D eigenvalue weighted by Crippen LogP contribution is -2.19. The number of nitrogens with zero attached hydrogens (tertiary/aromatic N) is 5. The zero-order valence-corrected chi connectivity index (χ0v) is 10.9. The van der Waals surface area contributed by atoms with E-state index in [1.807, 2.05) is 0 Å². The molecular formula is C12H9ClN6O. The maximum Gasteiger partial charge on any atom is 0.331 e. The van der Waals surface area contributed by atoms with Crippen LogP contribution < -0.4 is 5.32 Å². The van der Waals surface area contributed by atoms with E-state index in [4.69, 9.17) is 11.6 Å². The fourth-order valence-corrected chi connectivity index (χ4v) is 1.99. The molecule has 0 unspecified atom stereocenters. The number of carbonyl (C=O) groups is 1. The molecule has 7 nitrogen and oxygen atoms in total. The lowest BCUT2D eigenvalue weighted by atomic mass is 10.2. The van der Waals surface area contributed by atoms with Gasteiger partial charge in [-0.1, -0.05) is 17.7 Å². The number of imidazole rings is 1. The van der Waals surface area contributed by atoms with E-state index in [1.54, 1.807) is 24.4 Å². The Hall–Kier alpha value is -2.67. The largest absolute Gasteiger partial charge is 0.331 e. The molecule has 0 spiro atoms. The summed E-state index contributed by atoms with van der Waals surface area (Å²) in [5, 5.41) is 7.24. The van der Waals surface area contributed by atoms with Gasteiger partial charge in [0.2, 0.25) is 0 Å². The van der Waals surface area contributed by atoms with Crippen molar-refractivity contribution in [3.8, 4) is 5.69 Å². The van der Waals surface area contributed by atoms with Gasteiger partial charge in [-0.15, -0.1) is 0 Å². The second-order valence-electron chi connectivity index (χ2n) is 3.88. The molecule has 2 aromatic heterocycles. The van der Waals surface area contributed by atoms with Gasteiger partial charge in [-0.3, -0.25) is 4.57 Å². The lowest BCUT2D eigenvalue weighted by molar-refractivity contribution is 0.253. The van der Waals surface area contributed by atoms with Crippen LogP contribution in [0.3, 0.4) is 0 Å². The molecule has 2 heterocycles. The van der Waals surface area contributed by atoms with Crippen molar-refractivity contribution in [3.05, 3.63) is 54.6 Å². The van der Waals surface area contributed by atoms with Gasteiger partial charge in [0.25, 0.3) is 0 Å². The molecule has 8 heteroatoms. The maximum atomic E-state index is 12.0. The van der Waals surface area contributed by atoms with E-state index in [2.05, 4.69) is 20.4 Å². The molecule has 0 saturated carbocycles. The summed E-state index contributed by atoms with van der Waals surface area (Å²) in [5.41, 5.74) is 1.09. The number of carbonyl (C=O) groups excluding carboxylic acids is 1. The molecule has 3 aromatic rings. The van der Waals surface area contributed by atoms with Crippen LogP contribution in [-0.2, 0) is 0 Å². The minimum absolute atomic E-state index is 0.342. The summed E-state index contributed by atoms with van der Waals surface area (Å²) in [7, 11) is 0. The Morgan fingerprint density at radius 3 is 2.85 bits per heavy atom. The lowest BCUT2D eigenvalue weighted by Gasteiger charge is -2.12. The van der Waals surface area contributed by atoms with E-state index in [9.17, 15) is 4.79 Å². The summed E-state index contributed by atoms with van der Waals surface area (Å²) in [6, 6.07) is 4.85. The monoisotopic (exact) mass is 288 g/mol. The predicted octanol–water partition coefficient (Wildman–Crippen LogP) is 2.20. The summed E-state index contributed by atoms with van der Waals surface area (Å²) < 4.78 is 2.82. The van der Waals surface area contributed by atoms with Crippen LogP contribution in [0.5, 0.6) is 0 Å². The zero-order chi connectivity index (χ0) is 13.9. The highest BCUT2D eigenvalue weighted by atomic mass is 35.5. The van der Waals surface area contributed by atoms with Crippen LogP contribution in [0, 0.1) is 0 Å². The van der Waals surface area contributed by atoms with Crippen molar-refractivity contribution < 1.29 is 4.79 Å². The Morgan fingerprint density at radius 2 is 2.15 bits per heavy atom. The van der Waals surface area contributed by atoms with Crippen molar-refractivity contribution in [2.45, 2.75) is 0 Å². The molecule has 0 fully saturated rings. The highest BCUT2D eigenvalue weighted by Crippen LogP contribution is 2.27. The summed E-state index contributed by atoms with van der Waals surface area (Å²) in [6.07, 6.45) is 7.39. The Bertz CT molecular complexity index is 723. The van der Waals surface area contributed by atoms with Crippen molar-refractivity contribution in [3.63, 3.8) is 0 Å². The highest BCUT2D eigenvalue weighted by molar-refractivity contribution is 6.33. The molecule has 100 valence electrons. The Kier molecular flexibility index (Phi) is 3.18. The van der Waals surface area contributed by atoms with Gasteiger partial charge in [-0.2, -0.15) is 5.10 Å². The smallest absolute Gasteiger partial charge is 0.305 e. The molecule has 0 aliphatic carbocycles. The van der Waals surface area contributed by atoms with Gasteiger partial charge in [0.1, 0.15) is 24.7 Å². The van der Waals surface area contributed by atoms with Gasteiger partial charge >= 0.3 is 6.03 Å². The van der Waals surface area contributed by atoms with E-state index in [0.717, 1.165) is 0 Å². The molecule has 0 saturated heterocycles. The van der Waals surface area contributed by atoms with E-state index in [0.29, 0.717) is 16.4 Å². The number of hydrogen-bond acceptors (Lipinski definition) is 4. The third-order valence-corrected chi connectivity index (χ3v) is 2.92. The predicted molar refractivity (Wildman–Crippen MR) is 73.0 cm³/mol. The molecular weight excluding hydrogens is 280 g/mol. The minimum Gasteiger partial charge on any atom is -0.305 e. The molecule has 0 atom stereocenters. The van der Waals surface area contributed by atoms with Crippen LogP contribution in [0.25, 0.3) is 5.69 Å². The number of halogens is 1. The number of rotatable bonds is 2. The fourth-order valence-electron chi connectivity index (χ4n) is 1.73. The average Bonchev–Trinajstić information content (AvgIpc) is 3.12. The number of nitrogens with one attached hydrogen (secondary N) is 1. The first kappa shape index (κ1) is 12.4. The summed E-state index contributed by atoms with van der Waals surface area (Å²) in [4.78, 5) is 19.7. The Morgan fingerprint density at radius 1 is 1.25 bits per heavy atom. The van der Waals surface area contributed by atoms with Crippen molar-refractivity contribution in [1.82, 2.24) is 24.3 Å². The fraction of sp³-hybridized carbons (Fsp3) is 0. The van der Waals surface area contributed by atoms with Crippen LogP contribution in [-0.4, -0.2) is 30.3 Å². The summed E-state index contributed by atoms with van der Waals surface area (Å²) >= 11 is 6.17. The highest BCUT2D eigenvalue weighted by Gasteiger charge is 2.13. The van der Waals surface area contributed by atoms with E-state index in [-0.39, 0.29) is 6.03 Å². The number of hydrogen-bond donors (Lipinski definition) is 1. The van der Waals surface area contributed by atoms with Gasteiger partial charge in [-0.25, -0.2) is 19.4 Å². The Balaban J connectivity index is 1.98. The molecule has 0 aliphatic rings. The molecule has 1 N–H and O–H groups in total. The number of anilines is 1. The number of aromatic nitrogens is 5. The first-order valence-electron chi connectivity index (χ1n) is 5.68. The number of amides is 1. The van der Waals surface area contributed by atoms with Crippen LogP contribution in [0.15, 0.2) is 49.6 Å². The molecule has 1 aromatic carbocycles. The normalized spacial score (nSPS) is 10.4. The van der Waals surface area contributed by atoms with Crippen LogP contribution in [0.1, 0.15) is 0 Å². The van der Waals surface area contributed by atoms with Crippen LogP contribution in [0.4, 0.5) is 10.5 Å². The van der Waals surface area contributed by atoms with E-state index in [1.165, 1.54) is 34.4 Å². The van der Waals surface area contributed by atoms with E-state index < -0.39 is 0 Å². The SMILES string of the molecule is O=C(Nc1cccc(Cl)c1-n1cncn1)n1ccnc1. The molecule has 0 aliphatic heterocycles. The van der Waals surface area contributed by atoms with Gasteiger partial charge in [0.05, 0.1) is 10.7 Å². The number of para-hydroxylation sites is 1. The maximum absolute atomic E-state index is 12.0. The van der Waals surface area contributed by atoms with Crippen LogP contribution >= 0.6 is 11.6 Å². The van der Waals surface area contributed by atoms with Crippen molar-refractivity contribution in [1.29, 1.82) is 0 Å². The van der Waals surface area contributed by atoms with Gasteiger partial charge < -0.3 is 5.32 Å². The van der Waals surface area contributed by atoms with Crippen molar-refractivity contribution in [2.24, 2.45) is 0 Å². The summed E-state index contributed by atoms with van der Waals surface area (Å²) in [5.74, 6) is 0. The first-order chi connectivity index (χ1) is 9.75. The number of benzene rings is 1. The van der Waals surface area contributed by atoms with E-state index >= 15 is 0 Å². The molecule has 3 rings (SSSR count). The first-order valence-corrected chi connectivity index (χ1v) is 6.06. The third kappa shape index (κ3) is 2.26. The summed E-state index contributed by atoms with van der Waals surface area (Å²) in [6.45, 7) is 0. The van der Waals surface area contributed by atoms with Crippen LogP contribution in [0.2, 0.25) is 5.02 Å². The molecule has 1 amide bonds. The third-order valence-electron chi connectivity index (χ3n) is 2.62. The van der Waals surface area contributed by atoms with Crippen molar-refractivity contribution >= 4 is 23.3 Å². The standard InChI is InChI=1S/C12H9ClN6O/c13-9-2-1-3-10(11(9)19-8-15-6-16-19)17-12(20)18-5-4-14-7-18/h1-8H,(H,17,20). The minimum atomic E-state index is -0.342. The van der Waals surface area contributed by atoms with Gasteiger partial charge in [-0.05, 0) is 12.1 Å². The second-order valence-corrected chi connectivity index (χ2v) is 4.28. The second kappa shape index (κ2) is 5.14. The molecule has 0 bridgehead atoms. The van der Waals surface area contributed by atoms with Crippen molar-refractivity contribution in [2.75, 3.05) is 5.32 Å².